The van der Waals surface area contributed by atoms with Crippen LogP contribution in [0.1, 0.15) is 63.8 Å². The second-order valence-corrected chi connectivity index (χ2v) is 5.34. The van der Waals surface area contributed by atoms with Crippen molar-refractivity contribution in [2.75, 3.05) is 6.54 Å². The first-order chi connectivity index (χ1) is 8.69. The molecule has 2 atom stereocenters. The molecule has 0 aliphatic heterocycles. The molecule has 1 rings (SSSR count). The largest absolute Gasteiger partial charge is 0.309 e. The van der Waals surface area contributed by atoms with Crippen LogP contribution in [-0.4, -0.2) is 11.5 Å². The van der Waals surface area contributed by atoms with Gasteiger partial charge in [-0.2, -0.15) is 0 Å². The minimum Gasteiger partial charge on any atom is -0.309 e. The number of aromatic nitrogens is 1. The van der Waals surface area contributed by atoms with Crippen molar-refractivity contribution in [1.29, 1.82) is 0 Å². The predicted molar refractivity (Wildman–Crippen MR) is 78.7 cm³/mol. The van der Waals surface area contributed by atoms with Crippen molar-refractivity contribution in [3.05, 3.63) is 29.6 Å². The molecule has 18 heavy (non-hydrogen) atoms. The fourth-order valence-electron chi connectivity index (χ4n) is 2.49. The number of hydrogen-bond acceptors (Lipinski definition) is 2. The maximum absolute atomic E-state index is 4.58. The summed E-state index contributed by atoms with van der Waals surface area (Å²) in [4.78, 5) is 4.58. The maximum Gasteiger partial charge on any atom is 0.0602 e. The average molecular weight is 248 g/mol. The van der Waals surface area contributed by atoms with Crippen LogP contribution in [0.4, 0.5) is 0 Å². The zero-order valence-corrected chi connectivity index (χ0v) is 12.4. The fourth-order valence-corrected chi connectivity index (χ4v) is 2.49. The van der Waals surface area contributed by atoms with E-state index in [1.807, 2.05) is 12.3 Å². The van der Waals surface area contributed by atoms with E-state index in [4.69, 9.17) is 0 Å². The molecule has 1 heterocycles. The molecule has 0 amide bonds. The Labute approximate surface area is 112 Å². The molecule has 2 unspecified atom stereocenters. The second kappa shape index (κ2) is 8.25. The minimum absolute atomic E-state index is 0.410. The molecule has 0 radical (unpaired) electrons. The summed E-state index contributed by atoms with van der Waals surface area (Å²) in [6.45, 7) is 10.1. The maximum atomic E-state index is 4.58. The molecule has 0 aliphatic carbocycles. The Hall–Kier alpha value is -0.890. The zero-order chi connectivity index (χ0) is 13.4. The topological polar surface area (TPSA) is 24.9 Å². The first-order valence-electron chi connectivity index (χ1n) is 7.33. The lowest BCUT2D eigenvalue weighted by Gasteiger charge is -2.23. The number of nitrogens with one attached hydrogen (secondary N) is 1. The van der Waals surface area contributed by atoms with Crippen LogP contribution in [0.25, 0.3) is 0 Å². The van der Waals surface area contributed by atoms with Crippen molar-refractivity contribution in [2.24, 2.45) is 5.92 Å². The van der Waals surface area contributed by atoms with Gasteiger partial charge in [0.25, 0.3) is 0 Å². The summed E-state index contributed by atoms with van der Waals surface area (Å²) < 4.78 is 0. The number of nitrogens with zero attached hydrogens (tertiary/aromatic N) is 1. The lowest BCUT2D eigenvalue weighted by atomic mass is 9.93. The predicted octanol–water partition coefficient (Wildman–Crippen LogP) is 4.26. The Balaban J connectivity index is 2.74. The molecule has 0 saturated heterocycles. The lowest BCUT2D eigenvalue weighted by molar-refractivity contribution is 0.384. The number of pyridine rings is 1. The first kappa shape index (κ1) is 15.2. The molecule has 102 valence electrons. The molecule has 0 aliphatic rings. The van der Waals surface area contributed by atoms with Gasteiger partial charge in [-0.15, -0.1) is 0 Å². The van der Waals surface area contributed by atoms with Gasteiger partial charge in [-0.05, 0) is 43.9 Å². The van der Waals surface area contributed by atoms with E-state index < -0.39 is 0 Å². The third-order valence-corrected chi connectivity index (χ3v) is 3.44. The molecule has 0 bridgehead atoms. The molecule has 0 spiro atoms. The van der Waals surface area contributed by atoms with Crippen LogP contribution < -0.4 is 5.32 Å². The summed E-state index contributed by atoms with van der Waals surface area (Å²) in [6.07, 6.45) is 6.84. The smallest absolute Gasteiger partial charge is 0.0602 e. The second-order valence-electron chi connectivity index (χ2n) is 5.34. The Morgan fingerprint density at radius 1 is 1.28 bits per heavy atom. The van der Waals surface area contributed by atoms with E-state index in [1.165, 1.54) is 36.9 Å². The van der Waals surface area contributed by atoms with Crippen LogP contribution in [0.3, 0.4) is 0 Å². The highest BCUT2D eigenvalue weighted by molar-refractivity contribution is 5.21. The van der Waals surface area contributed by atoms with Gasteiger partial charge in [0.15, 0.2) is 0 Å². The zero-order valence-electron chi connectivity index (χ0n) is 12.4. The van der Waals surface area contributed by atoms with Crippen molar-refractivity contribution in [2.45, 2.75) is 59.4 Å². The van der Waals surface area contributed by atoms with Gasteiger partial charge < -0.3 is 5.32 Å². The van der Waals surface area contributed by atoms with E-state index in [0.717, 1.165) is 12.5 Å². The van der Waals surface area contributed by atoms with Gasteiger partial charge in [0, 0.05) is 12.2 Å². The highest BCUT2D eigenvalue weighted by Gasteiger charge is 2.17. The van der Waals surface area contributed by atoms with Crippen molar-refractivity contribution in [3.63, 3.8) is 0 Å². The third kappa shape index (κ3) is 4.77. The van der Waals surface area contributed by atoms with Crippen molar-refractivity contribution >= 4 is 0 Å². The molecule has 0 fully saturated rings. The molecular weight excluding hydrogens is 220 g/mol. The van der Waals surface area contributed by atoms with Gasteiger partial charge in [0.05, 0.1) is 5.69 Å². The number of rotatable bonds is 8. The SMILES string of the molecule is CCCNC(CC(C)CCC)c1ncccc1C. The Kier molecular flexibility index (Phi) is 6.96. The van der Waals surface area contributed by atoms with Crippen molar-refractivity contribution in [3.8, 4) is 0 Å². The van der Waals surface area contributed by atoms with E-state index in [2.05, 4.69) is 44.1 Å². The van der Waals surface area contributed by atoms with E-state index in [-0.39, 0.29) is 0 Å². The Morgan fingerprint density at radius 2 is 2.06 bits per heavy atom. The third-order valence-electron chi connectivity index (χ3n) is 3.44. The average Bonchev–Trinajstić information content (AvgIpc) is 2.35. The standard InChI is InChI=1S/C16H28N2/c1-5-8-13(3)12-15(17-10-6-2)16-14(4)9-7-11-18-16/h7,9,11,13,15,17H,5-6,8,10,12H2,1-4H3. The van der Waals surface area contributed by atoms with Crippen LogP contribution in [-0.2, 0) is 0 Å². The first-order valence-corrected chi connectivity index (χ1v) is 7.33. The van der Waals surface area contributed by atoms with Gasteiger partial charge in [-0.3, -0.25) is 4.98 Å². The minimum atomic E-state index is 0.410. The van der Waals surface area contributed by atoms with Crippen LogP contribution in [0.15, 0.2) is 18.3 Å². The summed E-state index contributed by atoms with van der Waals surface area (Å²) in [7, 11) is 0. The summed E-state index contributed by atoms with van der Waals surface area (Å²) >= 11 is 0. The molecule has 1 aromatic heterocycles. The van der Waals surface area contributed by atoms with Gasteiger partial charge in [0.1, 0.15) is 0 Å². The van der Waals surface area contributed by atoms with Gasteiger partial charge in [-0.1, -0.05) is 39.7 Å². The van der Waals surface area contributed by atoms with Gasteiger partial charge in [-0.25, -0.2) is 0 Å². The van der Waals surface area contributed by atoms with Crippen LogP contribution in [0, 0.1) is 12.8 Å². The molecule has 2 nitrogen and oxygen atoms in total. The lowest BCUT2D eigenvalue weighted by Crippen LogP contribution is -2.25. The van der Waals surface area contributed by atoms with E-state index in [0.29, 0.717) is 6.04 Å². The molecular formula is C16H28N2. The van der Waals surface area contributed by atoms with Crippen LogP contribution in [0.2, 0.25) is 0 Å². The highest BCUT2D eigenvalue weighted by atomic mass is 14.9. The molecule has 0 aromatic carbocycles. The normalized spacial score (nSPS) is 14.4. The number of aryl methyl sites for hydroxylation is 1. The van der Waals surface area contributed by atoms with Crippen LogP contribution >= 0.6 is 0 Å². The summed E-state index contributed by atoms with van der Waals surface area (Å²) in [6, 6.07) is 4.59. The van der Waals surface area contributed by atoms with E-state index >= 15 is 0 Å². The fraction of sp³-hybridized carbons (Fsp3) is 0.688. The molecule has 0 saturated carbocycles. The summed E-state index contributed by atoms with van der Waals surface area (Å²) in [5.74, 6) is 0.755. The van der Waals surface area contributed by atoms with E-state index in [1.54, 1.807) is 0 Å². The van der Waals surface area contributed by atoms with Crippen molar-refractivity contribution in [1.82, 2.24) is 10.3 Å². The monoisotopic (exact) mass is 248 g/mol. The summed E-state index contributed by atoms with van der Waals surface area (Å²) in [5.41, 5.74) is 2.53. The molecule has 2 heteroatoms. The Bertz CT molecular complexity index is 336. The van der Waals surface area contributed by atoms with Crippen LogP contribution in [0.5, 0.6) is 0 Å². The quantitative estimate of drug-likeness (QED) is 0.743. The highest BCUT2D eigenvalue weighted by Crippen LogP contribution is 2.24. The van der Waals surface area contributed by atoms with E-state index in [9.17, 15) is 0 Å². The Morgan fingerprint density at radius 3 is 2.67 bits per heavy atom. The van der Waals surface area contributed by atoms with Gasteiger partial charge >= 0.3 is 0 Å². The van der Waals surface area contributed by atoms with Gasteiger partial charge in [0.2, 0.25) is 0 Å². The van der Waals surface area contributed by atoms with Crippen molar-refractivity contribution < 1.29 is 0 Å². The summed E-state index contributed by atoms with van der Waals surface area (Å²) in [5, 5.41) is 3.65. The molecule has 1 aromatic rings. The number of hydrogen-bond donors (Lipinski definition) is 1. The molecule has 1 N–H and O–H groups in total.